The zero-order valence-electron chi connectivity index (χ0n) is 24.0. The maximum atomic E-state index is 13.4. The van der Waals surface area contributed by atoms with E-state index >= 15 is 0 Å². The minimum atomic E-state index is -4.46. The summed E-state index contributed by atoms with van der Waals surface area (Å²) in [7, 11) is 1.72. The molecule has 7 nitrogen and oxygen atoms in total. The van der Waals surface area contributed by atoms with Crippen molar-refractivity contribution in [3.8, 4) is 11.1 Å². The van der Waals surface area contributed by atoms with Crippen LogP contribution in [0.1, 0.15) is 36.3 Å². The van der Waals surface area contributed by atoms with Gasteiger partial charge >= 0.3 is 6.18 Å². The highest BCUT2D eigenvalue weighted by Gasteiger charge is 2.35. The summed E-state index contributed by atoms with van der Waals surface area (Å²) >= 11 is 0. The molecule has 3 heterocycles. The first kappa shape index (κ1) is 32.1. The second-order valence-electron chi connectivity index (χ2n) is 10.7. The van der Waals surface area contributed by atoms with Crippen LogP contribution in [0.5, 0.6) is 0 Å². The van der Waals surface area contributed by atoms with Crippen LogP contribution in [0, 0.1) is 12.3 Å². The van der Waals surface area contributed by atoms with E-state index in [-0.39, 0.29) is 5.58 Å². The number of aromatic nitrogens is 1. The third-order valence-electron chi connectivity index (χ3n) is 6.30. The van der Waals surface area contributed by atoms with Gasteiger partial charge in [-0.05, 0) is 72.5 Å². The molecule has 0 spiro atoms. The lowest BCUT2D eigenvalue weighted by atomic mass is 9.85. The molecule has 0 unspecified atom stereocenters. The molecule has 1 amide bonds. The van der Waals surface area contributed by atoms with Gasteiger partial charge < -0.3 is 20.4 Å². The van der Waals surface area contributed by atoms with Gasteiger partial charge in [0.25, 0.3) is 0 Å². The Kier molecular flexibility index (Phi) is 10.7. The number of likely N-dealkylation sites (tertiary alicyclic amines) is 1. The topological polar surface area (TPSA) is 101 Å². The second kappa shape index (κ2) is 14.0. The number of aldehydes is 1. The molecule has 1 saturated heterocycles. The Labute approximate surface area is 243 Å². The number of aryl methyl sites for hydroxylation is 1. The van der Waals surface area contributed by atoms with Crippen molar-refractivity contribution in [2.24, 2.45) is 5.41 Å². The fourth-order valence-electron chi connectivity index (χ4n) is 4.38. The Balaban J connectivity index is 0.000000210. The first-order chi connectivity index (χ1) is 19.8. The number of nitrogens with one attached hydrogen (secondary N) is 1. The van der Waals surface area contributed by atoms with Crippen molar-refractivity contribution in [2.75, 3.05) is 25.9 Å². The molecule has 5 rings (SSSR count). The third kappa shape index (κ3) is 9.04. The molecule has 0 radical (unpaired) electrons. The Morgan fingerprint density at radius 2 is 1.74 bits per heavy atom. The number of nitrogen functional groups attached to an aromatic ring is 1. The number of carbonyl (C=O) groups is 2. The molecule has 2 aromatic heterocycles. The summed E-state index contributed by atoms with van der Waals surface area (Å²) in [5.41, 5.74) is 8.09. The number of halogens is 3. The van der Waals surface area contributed by atoms with Crippen molar-refractivity contribution < 1.29 is 27.2 Å². The number of benzene rings is 2. The average molecular weight is 581 g/mol. The van der Waals surface area contributed by atoms with E-state index in [2.05, 4.69) is 24.1 Å². The van der Waals surface area contributed by atoms with Crippen LogP contribution in [0.25, 0.3) is 28.2 Å². The molecule has 0 atom stereocenters. The summed E-state index contributed by atoms with van der Waals surface area (Å²) in [5.74, 6) is 0.960. The number of hydrogen-bond donors (Lipinski definition) is 2. The third-order valence-corrected chi connectivity index (χ3v) is 6.30. The number of rotatable bonds is 6. The number of nitrogens with zero attached hydrogens (tertiary/aromatic N) is 2. The summed E-state index contributed by atoms with van der Waals surface area (Å²) in [6.07, 6.45) is 1.84. The van der Waals surface area contributed by atoms with Gasteiger partial charge in [-0.3, -0.25) is 9.59 Å². The smallest absolute Gasteiger partial charge is 0.420 e. The van der Waals surface area contributed by atoms with Crippen molar-refractivity contribution in [3.05, 3.63) is 89.3 Å². The minimum Gasteiger partial charge on any atom is -0.459 e. The highest BCUT2D eigenvalue weighted by Crippen LogP contribution is 2.39. The van der Waals surface area contributed by atoms with Gasteiger partial charge in [-0.2, -0.15) is 13.2 Å². The number of pyridine rings is 1. The first-order valence-electron chi connectivity index (χ1n) is 13.2. The summed E-state index contributed by atoms with van der Waals surface area (Å²) in [4.78, 5) is 25.5. The van der Waals surface area contributed by atoms with E-state index in [1.807, 2.05) is 31.2 Å². The van der Waals surface area contributed by atoms with Crippen LogP contribution in [0.3, 0.4) is 0 Å². The lowest BCUT2D eigenvalue weighted by Gasteiger charge is -2.43. The predicted molar refractivity (Wildman–Crippen MR) is 159 cm³/mol. The maximum absolute atomic E-state index is 13.4. The largest absolute Gasteiger partial charge is 0.459 e. The molecule has 1 fully saturated rings. The minimum absolute atomic E-state index is 0.112. The number of alkyl halides is 3. The SMILES string of the molecule is CC1(C)CN(C=O)C1.CNCc1cc2cc(-c3ccc(C)cc3)cc(C(F)(F)F)c2o1.Nc1ccc(/C=C/C=O)cn1. The van der Waals surface area contributed by atoms with Crippen molar-refractivity contribution >= 4 is 35.6 Å². The number of amides is 1. The van der Waals surface area contributed by atoms with Crippen molar-refractivity contribution in [1.82, 2.24) is 15.2 Å². The van der Waals surface area contributed by atoms with Gasteiger partial charge in [0.2, 0.25) is 6.41 Å². The zero-order valence-corrected chi connectivity index (χ0v) is 24.0. The number of hydrogen-bond acceptors (Lipinski definition) is 6. The second-order valence-corrected chi connectivity index (χ2v) is 10.7. The lowest BCUT2D eigenvalue weighted by molar-refractivity contribution is -0.136. The van der Waals surface area contributed by atoms with Crippen molar-refractivity contribution in [3.63, 3.8) is 0 Å². The number of carbonyl (C=O) groups excluding carboxylic acids is 2. The molecule has 42 heavy (non-hydrogen) atoms. The van der Waals surface area contributed by atoms with Crippen LogP contribution in [0.2, 0.25) is 0 Å². The van der Waals surface area contributed by atoms with E-state index in [4.69, 9.17) is 10.2 Å². The fraction of sp³-hybridized carbons (Fsp3) is 0.281. The Morgan fingerprint density at radius 3 is 2.24 bits per heavy atom. The van der Waals surface area contributed by atoms with Crippen LogP contribution in [-0.4, -0.2) is 42.7 Å². The van der Waals surface area contributed by atoms with Crippen LogP contribution >= 0.6 is 0 Å². The number of anilines is 1. The standard InChI is InChI=1S/C18H16F3NO.C8H8N2O.C6H11NO/c1-11-3-5-12(6-4-11)13-7-14-8-15(10-22-2)23-17(14)16(9-13)18(19,20)21;9-8-4-3-7(6-10-8)2-1-5-11;1-6(2)3-7(4-6)5-8/h3-9,22H,10H2,1-2H3;1-6H,(H2,9,10);5H,3-4H2,1-2H3/b;2-1+;. The summed E-state index contributed by atoms with van der Waals surface area (Å²) < 4.78 is 45.6. The number of furan rings is 1. The quantitative estimate of drug-likeness (QED) is 0.199. The van der Waals surface area contributed by atoms with Gasteiger partial charge in [0.05, 0.1) is 12.1 Å². The molecule has 10 heteroatoms. The molecular weight excluding hydrogens is 545 g/mol. The summed E-state index contributed by atoms with van der Waals surface area (Å²) in [6.45, 7) is 8.49. The van der Waals surface area contributed by atoms with Gasteiger partial charge in [-0.15, -0.1) is 0 Å². The normalized spacial score (nSPS) is 13.9. The Hall–Kier alpha value is -4.44. The van der Waals surface area contributed by atoms with Crippen molar-refractivity contribution in [2.45, 2.75) is 33.5 Å². The van der Waals surface area contributed by atoms with E-state index < -0.39 is 11.7 Å². The molecule has 0 bridgehead atoms. The molecule has 3 N–H and O–H groups in total. The van der Waals surface area contributed by atoms with Gasteiger partial charge in [-0.1, -0.05) is 49.8 Å². The van der Waals surface area contributed by atoms with E-state index in [1.165, 1.54) is 6.08 Å². The van der Waals surface area contributed by atoms with Crippen LogP contribution in [0.15, 0.2) is 71.3 Å². The predicted octanol–water partition coefficient (Wildman–Crippen LogP) is 6.51. The highest BCUT2D eigenvalue weighted by atomic mass is 19.4. The molecule has 4 aromatic rings. The highest BCUT2D eigenvalue weighted by molar-refractivity contribution is 5.87. The lowest BCUT2D eigenvalue weighted by Crippen LogP contribution is -2.51. The molecular formula is C32H35F3N4O3. The molecule has 1 aliphatic heterocycles. The summed E-state index contributed by atoms with van der Waals surface area (Å²) in [5, 5.41) is 3.34. The molecule has 1 aliphatic rings. The summed E-state index contributed by atoms with van der Waals surface area (Å²) in [6, 6.07) is 15.4. The Bertz CT molecular complexity index is 1500. The van der Waals surface area contributed by atoms with Crippen LogP contribution < -0.4 is 11.1 Å². The van der Waals surface area contributed by atoms with E-state index in [9.17, 15) is 22.8 Å². The fourth-order valence-corrected chi connectivity index (χ4v) is 4.38. The number of fused-ring (bicyclic) bond motifs is 1. The molecule has 222 valence electrons. The number of allylic oxidation sites excluding steroid dienone is 1. The average Bonchev–Trinajstić information content (AvgIpc) is 3.34. The Morgan fingerprint density at radius 1 is 1.05 bits per heavy atom. The monoisotopic (exact) mass is 580 g/mol. The van der Waals surface area contributed by atoms with Crippen LogP contribution in [0.4, 0.5) is 19.0 Å². The van der Waals surface area contributed by atoms with Crippen LogP contribution in [-0.2, 0) is 22.3 Å². The van der Waals surface area contributed by atoms with E-state index in [0.717, 1.165) is 48.5 Å². The van der Waals surface area contributed by atoms with Gasteiger partial charge in [0.15, 0.2) is 0 Å². The van der Waals surface area contributed by atoms with Crippen molar-refractivity contribution in [1.29, 1.82) is 0 Å². The first-order valence-corrected chi connectivity index (χ1v) is 13.2. The maximum Gasteiger partial charge on any atom is 0.420 e. The van der Waals surface area contributed by atoms with Gasteiger partial charge in [0.1, 0.15) is 23.4 Å². The molecule has 0 aliphatic carbocycles. The van der Waals surface area contributed by atoms with Gasteiger partial charge in [0, 0.05) is 24.7 Å². The molecule has 2 aromatic carbocycles. The molecule has 0 saturated carbocycles. The zero-order chi connectivity index (χ0) is 30.9. The van der Waals surface area contributed by atoms with E-state index in [1.54, 1.807) is 48.5 Å². The van der Waals surface area contributed by atoms with Gasteiger partial charge in [-0.25, -0.2) is 4.98 Å². The van der Waals surface area contributed by atoms with E-state index in [0.29, 0.717) is 34.5 Å². The number of nitrogens with two attached hydrogens (primary N) is 1.